The van der Waals surface area contributed by atoms with Gasteiger partial charge in [-0.3, -0.25) is 8.37 Å². The van der Waals surface area contributed by atoms with Crippen molar-refractivity contribution in [3.05, 3.63) is 0 Å². The van der Waals surface area contributed by atoms with E-state index in [1.165, 1.54) is 0 Å². The first-order valence-corrected chi connectivity index (χ1v) is 5.89. The van der Waals surface area contributed by atoms with Crippen molar-refractivity contribution in [3.8, 4) is 0 Å². The molecule has 0 amide bonds. The fourth-order valence-corrected chi connectivity index (χ4v) is 2.66. The molecule has 12 heavy (non-hydrogen) atoms. The molecule has 0 heterocycles. The van der Waals surface area contributed by atoms with Gasteiger partial charge in [-0.2, -0.15) is 16.8 Å². The van der Waals surface area contributed by atoms with Crippen LogP contribution in [0.5, 0.6) is 0 Å². The van der Waals surface area contributed by atoms with E-state index in [0.717, 1.165) is 14.2 Å². The second kappa shape index (κ2) is 3.88. The Balaban J connectivity index is 5.00. The van der Waals surface area contributed by atoms with Crippen molar-refractivity contribution in [2.24, 2.45) is 0 Å². The minimum Gasteiger partial charge on any atom is -0.271 e. The van der Waals surface area contributed by atoms with Gasteiger partial charge in [0.15, 0.2) is 0 Å². The highest BCUT2D eigenvalue weighted by molar-refractivity contribution is 8.06. The third-order valence-electron chi connectivity index (χ3n) is 0.919. The Kier molecular flexibility index (Phi) is 3.91. The minimum absolute atomic E-state index is 0.801. The lowest BCUT2D eigenvalue weighted by Crippen LogP contribution is -2.26. The first-order valence-electron chi connectivity index (χ1n) is 2.51. The van der Waals surface area contributed by atoms with Crippen LogP contribution in [0.2, 0.25) is 0 Å². The third kappa shape index (κ3) is 2.56. The van der Waals surface area contributed by atoms with Gasteiger partial charge in [-0.15, -0.1) is 0 Å². The van der Waals surface area contributed by atoms with E-state index in [9.17, 15) is 16.8 Å². The summed E-state index contributed by atoms with van der Waals surface area (Å²) >= 11 is 5.04. The summed E-state index contributed by atoms with van der Waals surface area (Å²) < 4.78 is 48.3. The molecule has 0 atom stereocenters. The van der Waals surface area contributed by atoms with Gasteiger partial charge >= 0.3 is 20.2 Å². The van der Waals surface area contributed by atoms with Crippen molar-refractivity contribution < 1.29 is 25.2 Å². The van der Waals surface area contributed by atoms with E-state index in [0.29, 0.717) is 0 Å². The van der Waals surface area contributed by atoms with Crippen molar-refractivity contribution in [3.63, 3.8) is 0 Å². The quantitative estimate of drug-likeness (QED) is 0.483. The van der Waals surface area contributed by atoms with Crippen molar-refractivity contribution in [1.82, 2.24) is 0 Å². The minimum atomic E-state index is -4.32. The second-order valence-corrected chi connectivity index (χ2v) is 6.43. The van der Waals surface area contributed by atoms with Crippen LogP contribution >= 0.6 is 11.6 Å². The Morgan fingerprint density at radius 1 is 1.00 bits per heavy atom. The van der Waals surface area contributed by atoms with Crippen LogP contribution in [0.25, 0.3) is 0 Å². The molecule has 0 aromatic rings. The predicted molar refractivity (Wildman–Crippen MR) is 41.5 cm³/mol. The molecule has 0 unspecified atom stereocenters. The van der Waals surface area contributed by atoms with Gasteiger partial charge in [0.05, 0.1) is 14.2 Å². The van der Waals surface area contributed by atoms with Crippen molar-refractivity contribution in [1.29, 1.82) is 0 Å². The van der Waals surface area contributed by atoms with E-state index < -0.39 is 24.3 Å². The molecule has 0 rings (SSSR count). The zero-order valence-corrected chi connectivity index (χ0v) is 8.61. The molecule has 0 aromatic heterocycles. The smallest absolute Gasteiger partial charge is 0.271 e. The van der Waals surface area contributed by atoms with Crippen LogP contribution < -0.4 is 0 Å². The molecule has 0 aliphatic carbocycles. The van der Waals surface area contributed by atoms with Crippen LogP contribution in [0.15, 0.2) is 0 Å². The Morgan fingerprint density at radius 3 is 1.42 bits per heavy atom. The van der Waals surface area contributed by atoms with Gasteiger partial charge in [0, 0.05) is 0 Å². The lowest BCUT2D eigenvalue weighted by atomic mass is 11.8. The number of rotatable bonds is 4. The Labute approximate surface area is 75.7 Å². The van der Waals surface area contributed by atoms with Crippen LogP contribution in [0.3, 0.4) is 0 Å². The van der Waals surface area contributed by atoms with E-state index >= 15 is 0 Å². The molecule has 9 heteroatoms. The van der Waals surface area contributed by atoms with Crippen LogP contribution in [0.4, 0.5) is 0 Å². The normalized spacial score (nSPS) is 13.7. The van der Waals surface area contributed by atoms with Gasteiger partial charge in [0.25, 0.3) is 4.04 Å². The summed E-state index contributed by atoms with van der Waals surface area (Å²) in [6.45, 7) is 0. The molecule has 0 aliphatic heterocycles. The summed E-state index contributed by atoms with van der Waals surface area (Å²) in [5.41, 5.74) is 0. The highest BCUT2D eigenvalue weighted by Gasteiger charge is 2.36. The highest BCUT2D eigenvalue weighted by atomic mass is 35.5. The summed E-state index contributed by atoms with van der Waals surface area (Å²) in [6.07, 6.45) is 0. The average Bonchev–Trinajstić information content (AvgIpc) is 2.03. The van der Waals surface area contributed by atoms with Gasteiger partial charge < -0.3 is 0 Å². The van der Waals surface area contributed by atoms with E-state index in [2.05, 4.69) is 8.37 Å². The molecule has 0 saturated heterocycles. The van der Waals surface area contributed by atoms with Gasteiger partial charge in [-0.25, -0.2) is 0 Å². The molecule has 0 aliphatic rings. The zero-order valence-electron chi connectivity index (χ0n) is 6.22. The van der Waals surface area contributed by atoms with Crippen molar-refractivity contribution in [2.75, 3.05) is 14.2 Å². The summed E-state index contributed by atoms with van der Waals surface area (Å²) in [6, 6.07) is 0. The van der Waals surface area contributed by atoms with E-state index in [4.69, 9.17) is 11.6 Å². The standard InChI is InChI=1S/C3H7ClO6S2/c1-9-11(5,6)3(4)12(7,8)10-2/h3H,1-2H3. The molecule has 74 valence electrons. The zero-order chi connectivity index (χ0) is 9.99. The maximum absolute atomic E-state index is 10.7. The number of hydrogen-bond donors (Lipinski definition) is 0. The molecule has 6 nitrogen and oxygen atoms in total. The Morgan fingerprint density at radius 2 is 1.25 bits per heavy atom. The molecular formula is C3H7ClO6S2. The number of hydrogen-bond acceptors (Lipinski definition) is 6. The number of halogens is 1. The molecule has 0 aromatic carbocycles. The van der Waals surface area contributed by atoms with Crippen molar-refractivity contribution >= 4 is 31.8 Å². The van der Waals surface area contributed by atoms with Crippen LogP contribution in [-0.2, 0) is 28.6 Å². The van der Waals surface area contributed by atoms with Crippen LogP contribution in [0.1, 0.15) is 0 Å². The molecule has 0 fully saturated rings. The SMILES string of the molecule is COS(=O)(=O)C(Cl)S(=O)(=O)OC. The molecular weight excluding hydrogens is 232 g/mol. The lowest BCUT2D eigenvalue weighted by Gasteiger charge is -2.07. The third-order valence-corrected chi connectivity index (χ3v) is 5.48. The highest BCUT2D eigenvalue weighted by Crippen LogP contribution is 2.16. The first kappa shape index (κ1) is 12.1. The van der Waals surface area contributed by atoms with Gasteiger partial charge in [0.2, 0.25) is 0 Å². The lowest BCUT2D eigenvalue weighted by molar-refractivity contribution is 0.383. The molecule has 0 spiro atoms. The van der Waals surface area contributed by atoms with Gasteiger partial charge in [-0.05, 0) is 0 Å². The van der Waals surface area contributed by atoms with E-state index in [1.54, 1.807) is 0 Å². The van der Waals surface area contributed by atoms with Gasteiger partial charge in [-0.1, -0.05) is 11.6 Å². The van der Waals surface area contributed by atoms with Gasteiger partial charge in [0.1, 0.15) is 0 Å². The van der Waals surface area contributed by atoms with E-state index in [-0.39, 0.29) is 0 Å². The fraction of sp³-hybridized carbons (Fsp3) is 1.00. The largest absolute Gasteiger partial charge is 0.301 e. The Hall–Kier alpha value is 0.110. The predicted octanol–water partition coefficient (Wildman–Crippen LogP) is -0.539. The summed E-state index contributed by atoms with van der Waals surface area (Å²) in [5, 5.41) is 0. The van der Waals surface area contributed by atoms with Crippen molar-refractivity contribution in [2.45, 2.75) is 4.04 Å². The summed E-state index contributed by atoms with van der Waals surface area (Å²) in [5.74, 6) is 0. The molecule has 0 N–H and O–H groups in total. The fourth-order valence-electron chi connectivity index (χ4n) is 0.296. The summed E-state index contributed by atoms with van der Waals surface area (Å²) in [7, 11) is -7.03. The monoisotopic (exact) mass is 238 g/mol. The summed E-state index contributed by atoms with van der Waals surface area (Å²) in [4.78, 5) is 0. The molecule has 0 bridgehead atoms. The van der Waals surface area contributed by atoms with Crippen LogP contribution in [-0.4, -0.2) is 35.1 Å². The topological polar surface area (TPSA) is 86.7 Å². The van der Waals surface area contributed by atoms with Crippen LogP contribution in [0, 0.1) is 0 Å². The molecule has 0 saturated carbocycles. The maximum Gasteiger partial charge on any atom is 0.301 e. The first-order chi connectivity index (χ1) is 5.28. The maximum atomic E-state index is 10.7. The Bertz CT molecular complexity index is 294. The number of alkyl halides is 1. The average molecular weight is 239 g/mol. The second-order valence-electron chi connectivity index (χ2n) is 1.59. The molecule has 0 radical (unpaired) electrons. The van der Waals surface area contributed by atoms with E-state index in [1.807, 2.05) is 0 Å².